The van der Waals surface area contributed by atoms with E-state index in [1.54, 1.807) is 13.0 Å². The van der Waals surface area contributed by atoms with Crippen molar-refractivity contribution in [3.8, 4) is 11.5 Å². The third-order valence-electron chi connectivity index (χ3n) is 2.55. The molecule has 0 aromatic heterocycles. The Kier molecular flexibility index (Phi) is 7.00. The Balaban J connectivity index is 2.68. The number of rotatable bonds is 9. The molecule has 0 spiro atoms. The Morgan fingerprint density at radius 2 is 2.16 bits per heavy atom. The lowest BCUT2D eigenvalue weighted by atomic mass is 10.2. The van der Waals surface area contributed by atoms with E-state index < -0.39 is 0 Å². The zero-order chi connectivity index (χ0) is 14.1. The minimum atomic E-state index is -0.290. The summed E-state index contributed by atoms with van der Waals surface area (Å²) < 4.78 is 11.1. The van der Waals surface area contributed by atoms with Gasteiger partial charge in [0, 0.05) is 5.56 Å². The normalized spacial score (nSPS) is 11.9. The smallest absolute Gasteiger partial charge is 0.161 e. The number of aliphatic hydroxyl groups excluding tert-OH is 1. The van der Waals surface area contributed by atoms with Crippen LogP contribution >= 0.6 is 0 Å². The molecular formula is C15H24NO3+. The lowest BCUT2D eigenvalue weighted by Crippen LogP contribution is -2.84. The predicted octanol–water partition coefficient (Wildman–Crippen LogP) is 1.09. The highest BCUT2D eigenvalue weighted by atomic mass is 16.5. The van der Waals surface area contributed by atoms with E-state index >= 15 is 0 Å². The fraction of sp³-hybridized carbons (Fsp3) is 0.467. The summed E-state index contributed by atoms with van der Waals surface area (Å²) in [5.74, 6) is 1.49. The van der Waals surface area contributed by atoms with Crippen molar-refractivity contribution in [1.82, 2.24) is 0 Å². The van der Waals surface area contributed by atoms with Crippen LogP contribution in [0.15, 0.2) is 30.9 Å². The van der Waals surface area contributed by atoms with Crippen LogP contribution in [0, 0.1) is 0 Å². The lowest BCUT2D eigenvalue weighted by molar-refractivity contribution is -0.676. The van der Waals surface area contributed by atoms with E-state index in [1.807, 2.05) is 25.1 Å². The molecule has 1 aromatic rings. The first-order valence-electron chi connectivity index (χ1n) is 6.66. The van der Waals surface area contributed by atoms with Gasteiger partial charge in [-0.25, -0.2) is 0 Å². The summed E-state index contributed by atoms with van der Waals surface area (Å²) in [6.45, 7) is 9.94. The van der Waals surface area contributed by atoms with E-state index in [4.69, 9.17) is 9.47 Å². The molecule has 0 unspecified atom stereocenters. The molecule has 0 amide bonds. The molecule has 106 valence electrons. The Hall–Kier alpha value is -1.52. The summed E-state index contributed by atoms with van der Waals surface area (Å²) in [6.07, 6.45) is 1.42. The monoisotopic (exact) mass is 266 g/mol. The molecule has 1 atom stereocenters. The molecule has 0 saturated heterocycles. The summed E-state index contributed by atoms with van der Waals surface area (Å²) in [6, 6.07) is 5.92. The third-order valence-corrected chi connectivity index (χ3v) is 2.55. The first kappa shape index (κ1) is 15.5. The molecule has 0 bridgehead atoms. The maximum absolute atomic E-state index is 9.23. The van der Waals surface area contributed by atoms with Gasteiger partial charge in [-0.3, -0.25) is 0 Å². The molecule has 0 fully saturated rings. The van der Waals surface area contributed by atoms with E-state index in [-0.39, 0.29) is 6.10 Å². The summed E-state index contributed by atoms with van der Waals surface area (Å²) in [7, 11) is 0. The van der Waals surface area contributed by atoms with E-state index in [9.17, 15) is 5.11 Å². The van der Waals surface area contributed by atoms with Crippen LogP contribution in [0.4, 0.5) is 0 Å². The predicted molar refractivity (Wildman–Crippen MR) is 75.5 cm³/mol. The van der Waals surface area contributed by atoms with Crippen LogP contribution in [0.2, 0.25) is 0 Å². The number of quaternary nitrogens is 1. The number of nitrogens with two attached hydrogens (primary N) is 1. The number of ether oxygens (including phenoxy) is 2. The molecule has 3 N–H and O–H groups in total. The first-order chi connectivity index (χ1) is 9.17. The van der Waals surface area contributed by atoms with Crippen molar-refractivity contribution in [2.75, 3.05) is 19.8 Å². The van der Waals surface area contributed by atoms with Crippen LogP contribution in [0.5, 0.6) is 11.5 Å². The third kappa shape index (κ3) is 5.77. The zero-order valence-electron chi connectivity index (χ0n) is 11.8. The van der Waals surface area contributed by atoms with E-state index in [1.165, 1.54) is 0 Å². The number of hydrogen-bond acceptors (Lipinski definition) is 3. The number of aliphatic hydroxyl groups is 1. The topological polar surface area (TPSA) is 55.3 Å². The maximum Gasteiger partial charge on any atom is 0.161 e. The summed E-state index contributed by atoms with van der Waals surface area (Å²) in [5.41, 5.74) is 1.15. The van der Waals surface area contributed by atoms with Gasteiger partial charge in [0.05, 0.1) is 12.7 Å². The standard InChI is InChI=1S/C15H23NO3/c1-4-8-19-14-7-6-13(9-15(14)18-5-2)11-16-10-12(3)17/h4,6-7,9,12,16-17H,1,5,8,10-11H2,2-3H3/p+1/t12-/m0/s1. The van der Waals surface area contributed by atoms with Gasteiger partial charge in [-0.15, -0.1) is 0 Å². The molecule has 0 aliphatic rings. The molecule has 0 radical (unpaired) electrons. The van der Waals surface area contributed by atoms with Gasteiger partial charge in [0.1, 0.15) is 19.7 Å². The summed E-state index contributed by atoms with van der Waals surface area (Å²) in [4.78, 5) is 0. The second-order valence-corrected chi connectivity index (χ2v) is 4.39. The molecule has 0 saturated carbocycles. The summed E-state index contributed by atoms with van der Waals surface area (Å²) >= 11 is 0. The van der Waals surface area contributed by atoms with Gasteiger partial charge < -0.3 is 19.9 Å². The number of hydrogen-bond donors (Lipinski definition) is 2. The minimum Gasteiger partial charge on any atom is -0.490 e. The van der Waals surface area contributed by atoms with Crippen molar-refractivity contribution in [2.45, 2.75) is 26.5 Å². The average Bonchev–Trinajstić information content (AvgIpc) is 2.38. The molecule has 0 heterocycles. The van der Waals surface area contributed by atoms with Crippen LogP contribution in [-0.2, 0) is 6.54 Å². The molecule has 0 aliphatic carbocycles. The Morgan fingerprint density at radius 1 is 1.37 bits per heavy atom. The Morgan fingerprint density at radius 3 is 2.79 bits per heavy atom. The van der Waals surface area contributed by atoms with E-state index in [2.05, 4.69) is 11.9 Å². The van der Waals surface area contributed by atoms with Gasteiger partial charge in [0.2, 0.25) is 0 Å². The zero-order valence-corrected chi connectivity index (χ0v) is 11.8. The van der Waals surface area contributed by atoms with Crippen LogP contribution in [0.3, 0.4) is 0 Å². The van der Waals surface area contributed by atoms with Crippen molar-refractivity contribution in [2.24, 2.45) is 0 Å². The molecule has 4 nitrogen and oxygen atoms in total. The van der Waals surface area contributed by atoms with Crippen LogP contribution in [-0.4, -0.2) is 31.0 Å². The Bertz CT molecular complexity index is 391. The second kappa shape index (κ2) is 8.56. The van der Waals surface area contributed by atoms with Crippen LogP contribution in [0.25, 0.3) is 0 Å². The molecule has 4 heteroatoms. The molecular weight excluding hydrogens is 242 g/mol. The average molecular weight is 266 g/mol. The van der Waals surface area contributed by atoms with Crippen LogP contribution < -0.4 is 14.8 Å². The lowest BCUT2D eigenvalue weighted by Gasteiger charge is -2.12. The highest BCUT2D eigenvalue weighted by molar-refractivity contribution is 5.42. The van der Waals surface area contributed by atoms with E-state index in [0.29, 0.717) is 19.8 Å². The highest BCUT2D eigenvalue weighted by Gasteiger charge is 2.07. The van der Waals surface area contributed by atoms with Crippen molar-refractivity contribution in [1.29, 1.82) is 0 Å². The quantitative estimate of drug-likeness (QED) is 0.658. The fourth-order valence-electron chi connectivity index (χ4n) is 1.71. The molecule has 1 rings (SSSR count). The van der Waals surface area contributed by atoms with Gasteiger partial charge in [0.25, 0.3) is 0 Å². The molecule has 1 aromatic carbocycles. The second-order valence-electron chi connectivity index (χ2n) is 4.39. The number of benzene rings is 1. The first-order valence-corrected chi connectivity index (χ1v) is 6.66. The highest BCUT2D eigenvalue weighted by Crippen LogP contribution is 2.28. The van der Waals surface area contributed by atoms with Crippen molar-refractivity contribution < 1.29 is 19.9 Å². The minimum absolute atomic E-state index is 0.290. The van der Waals surface area contributed by atoms with Crippen molar-refractivity contribution in [3.63, 3.8) is 0 Å². The SMILES string of the molecule is C=CCOc1ccc(C[NH2+]C[C@H](C)O)cc1OCC. The fourth-order valence-corrected chi connectivity index (χ4v) is 1.71. The maximum atomic E-state index is 9.23. The van der Waals surface area contributed by atoms with Gasteiger partial charge in [-0.05, 0) is 32.0 Å². The molecule has 19 heavy (non-hydrogen) atoms. The largest absolute Gasteiger partial charge is 0.490 e. The van der Waals surface area contributed by atoms with E-state index in [0.717, 1.165) is 23.6 Å². The molecule has 0 aliphatic heterocycles. The summed E-state index contributed by atoms with van der Waals surface area (Å²) in [5, 5.41) is 11.3. The van der Waals surface area contributed by atoms with Crippen molar-refractivity contribution in [3.05, 3.63) is 36.4 Å². The Labute approximate surface area is 115 Å². The van der Waals surface area contributed by atoms with Gasteiger partial charge in [0.15, 0.2) is 11.5 Å². The van der Waals surface area contributed by atoms with Gasteiger partial charge >= 0.3 is 0 Å². The van der Waals surface area contributed by atoms with Crippen molar-refractivity contribution >= 4 is 0 Å². The van der Waals surface area contributed by atoms with Crippen LogP contribution in [0.1, 0.15) is 19.4 Å². The van der Waals surface area contributed by atoms with Gasteiger partial charge in [-0.2, -0.15) is 0 Å². The van der Waals surface area contributed by atoms with Gasteiger partial charge in [-0.1, -0.05) is 12.7 Å².